The monoisotopic (exact) mass is 414 g/mol. The Balaban J connectivity index is 1.98. The second-order valence-corrected chi connectivity index (χ2v) is 9.15. The highest BCUT2D eigenvalue weighted by Crippen LogP contribution is 2.27. The first-order valence-electron chi connectivity index (χ1n) is 7.21. The average molecular weight is 415 g/mol. The number of carbonyl (C=O) groups excluding carboxylic acids is 1. The van der Waals surface area contributed by atoms with Gasteiger partial charge in [0.05, 0.1) is 10.9 Å². The predicted molar refractivity (Wildman–Crippen MR) is 101 cm³/mol. The molecule has 2 rings (SSSR count). The third-order valence-electron chi connectivity index (χ3n) is 3.19. The first-order chi connectivity index (χ1) is 12.2. The van der Waals surface area contributed by atoms with Crippen molar-refractivity contribution < 1.29 is 23.1 Å². The lowest BCUT2D eigenvalue weighted by atomic mass is 10.2. The summed E-state index contributed by atoms with van der Waals surface area (Å²) >= 11 is 6.67. The van der Waals surface area contributed by atoms with Crippen molar-refractivity contribution in [1.29, 1.82) is 0 Å². The lowest BCUT2D eigenvalue weighted by molar-refractivity contribution is -0.131. The zero-order valence-electron chi connectivity index (χ0n) is 13.5. The Labute approximate surface area is 159 Å². The van der Waals surface area contributed by atoms with Gasteiger partial charge in [-0.2, -0.15) is 4.31 Å². The first kappa shape index (κ1) is 20.1. The molecule has 0 saturated heterocycles. The van der Waals surface area contributed by atoms with Crippen LogP contribution in [0.1, 0.15) is 5.56 Å². The fraction of sp³-hybridized carbons (Fsp3) is 0.125. The predicted octanol–water partition coefficient (Wildman–Crippen LogP) is 2.76. The van der Waals surface area contributed by atoms with Gasteiger partial charge >= 0.3 is 5.97 Å². The Hall–Kier alpha value is -2.20. The second kappa shape index (κ2) is 8.45. The Morgan fingerprint density at radius 2 is 1.88 bits per heavy atom. The summed E-state index contributed by atoms with van der Waals surface area (Å²) in [6.07, 6.45) is 2.42. The van der Waals surface area contributed by atoms with E-state index in [1.807, 2.05) is 0 Å². The van der Waals surface area contributed by atoms with Crippen LogP contribution in [-0.4, -0.2) is 43.3 Å². The van der Waals surface area contributed by atoms with E-state index in [4.69, 9.17) is 16.7 Å². The van der Waals surface area contributed by atoms with Crippen molar-refractivity contribution in [3.8, 4) is 0 Å². The molecule has 0 atom stereocenters. The summed E-state index contributed by atoms with van der Waals surface area (Å²) in [4.78, 5) is 22.5. The minimum atomic E-state index is -3.79. The highest BCUT2D eigenvalue weighted by Gasteiger charge is 2.24. The molecule has 1 heterocycles. The number of hydrogen-bond acceptors (Lipinski definition) is 5. The van der Waals surface area contributed by atoms with Crippen LogP contribution in [0.5, 0.6) is 0 Å². The maximum absolute atomic E-state index is 12.3. The van der Waals surface area contributed by atoms with Gasteiger partial charge in [0.2, 0.25) is 5.91 Å². The van der Waals surface area contributed by atoms with Gasteiger partial charge in [0.25, 0.3) is 10.0 Å². The minimum absolute atomic E-state index is 0.0624. The molecule has 10 heteroatoms. The molecule has 2 aromatic rings. The number of aliphatic carboxylic acids is 1. The molecule has 7 nitrogen and oxygen atoms in total. The molecule has 0 aliphatic rings. The molecule has 0 aliphatic heterocycles. The summed E-state index contributed by atoms with van der Waals surface area (Å²) in [7, 11) is -2.48. The highest BCUT2D eigenvalue weighted by molar-refractivity contribution is 7.91. The van der Waals surface area contributed by atoms with Crippen molar-refractivity contribution in [2.45, 2.75) is 4.21 Å². The molecule has 1 aromatic heterocycles. The maximum Gasteiger partial charge on any atom is 0.328 e. The molecule has 0 fully saturated rings. The maximum atomic E-state index is 12.3. The number of benzene rings is 1. The Kier molecular flexibility index (Phi) is 6.54. The fourth-order valence-electron chi connectivity index (χ4n) is 1.92. The van der Waals surface area contributed by atoms with Crippen molar-refractivity contribution in [1.82, 2.24) is 4.31 Å². The lowest BCUT2D eigenvalue weighted by Gasteiger charge is -2.15. The number of amides is 1. The Morgan fingerprint density at radius 3 is 2.42 bits per heavy atom. The number of nitrogens with zero attached hydrogens (tertiary/aromatic N) is 1. The molecule has 0 bridgehead atoms. The Morgan fingerprint density at radius 1 is 1.23 bits per heavy atom. The zero-order chi connectivity index (χ0) is 19.3. The molecule has 1 amide bonds. The van der Waals surface area contributed by atoms with Crippen molar-refractivity contribution in [2.24, 2.45) is 0 Å². The molecule has 1 aromatic carbocycles. The third kappa shape index (κ3) is 5.40. The number of thiophene rings is 1. The summed E-state index contributed by atoms with van der Waals surface area (Å²) < 4.78 is 26.0. The average Bonchev–Trinajstić information content (AvgIpc) is 3.01. The van der Waals surface area contributed by atoms with E-state index in [2.05, 4.69) is 5.32 Å². The van der Waals surface area contributed by atoms with Crippen molar-refractivity contribution in [3.63, 3.8) is 0 Å². The normalized spacial score (nSPS) is 11.8. The van der Waals surface area contributed by atoms with Crippen molar-refractivity contribution >= 4 is 56.6 Å². The van der Waals surface area contributed by atoms with Gasteiger partial charge in [-0.15, -0.1) is 11.3 Å². The second-order valence-electron chi connectivity index (χ2n) is 5.16. The number of anilines is 1. The number of hydrogen-bond donors (Lipinski definition) is 2. The van der Waals surface area contributed by atoms with Crippen molar-refractivity contribution in [2.75, 3.05) is 18.9 Å². The van der Waals surface area contributed by atoms with Crippen LogP contribution in [-0.2, 0) is 19.6 Å². The summed E-state index contributed by atoms with van der Waals surface area (Å²) in [5.41, 5.74) is 1.12. The smallest absolute Gasteiger partial charge is 0.328 e. The van der Waals surface area contributed by atoms with E-state index < -0.39 is 21.9 Å². The lowest BCUT2D eigenvalue weighted by Crippen LogP contribution is -2.34. The molecule has 0 saturated carbocycles. The highest BCUT2D eigenvalue weighted by atomic mass is 35.5. The number of rotatable bonds is 7. The van der Waals surface area contributed by atoms with Gasteiger partial charge < -0.3 is 10.4 Å². The molecule has 0 radical (unpaired) electrons. The standard InChI is InChI=1S/C16H15ClN2O5S2/c1-19(26(23,24)16-9-7-13(17)25-16)10-14(20)18-12-5-2-11(3-6-12)4-8-15(21)22/h2-9H,10H2,1H3,(H,18,20)(H,21,22)/b8-4+. The van der Waals surface area contributed by atoms with E-state index in [1.54, 1.807) is 24.3 Å². The van der Waals surface area contributed by atoms with Gasteiger partial charge in [0, 0.05) is 18.8 Å². The van der Waals surface area contributed by atoms with Gasteiger partial charge in [-0.05, 0) is 35.9 Å². The van der Waals surface area contributed by atoms with E-state index in [9.17, 15) is 18.0 Å². The fourth-order valence-corrected chi connectivity index (χ4v) is 4.74. The number of carbonyl (C=O) groups is 2. The third-order valence-corrected chi connectivity index (χ3v) is 6.69. The van der Waals surface area contributed by atoms with E-state index >= 15 is 0 Å². The molecular formula is C16H15ClN2O5S2. The molecule has 0 unspecified atom stereocenters. The molecule has 138 valence electrons. The van der Waals surface area contributed by atoms with Gasteiger partial charge in [0.15, 0.2) is 0 Å². The number of sulfonamides is 1. The molecule has 2 N–H and O–H groups in total. The number of carboxylic acids is 1. The van der Waals surface area contributed by atoms with Crippen LogP contribution in [0.4, 0.5) is 5.69 Å². The largest absolute Gasteiger partial charge is 0.478 e. The van der Waals surface area contributed by atoms with Crippen LogP contribution >= 0.6 is 22.9 Å². The first-order valence-corrected chi connectivity index (χ1v) is 9.84. The van der Waals surface area contributed by atoms with Crippen LogP contribution in [0.2, 0.25) is 4.34 Å². The van der Waals surface area contributed by atoms with Crippen LogP contribution < -0.4 is 5.32 Å². The van der Waals surface area contributed by atoms with E-state index in [1.165, 1.54) is 25.3 Å². The summed E-state index contributed by atoms with van der Waals surface area (Å²) in [6, 6.07) is 9.31. The number of nitrogens with one attached hydrogen (secondary N) is 1. The summed E-state index contributed by atoms with van der Waals surface area (Å²) in [5, 5.41) is 11.2. The van der Waals surface area contributed by atoms with Gasteiger partial charge in [-0.25, -0.2) is 13.2 Å². The quantitative estimate of drug-likeness (QED) is 0.678. The van der Waals surface area contributed by atoms with E-state index in [-0.39, 0.29) is 10.8 Å². The van der Waals surface area contributed by atoms with E-state index in [0.717, 1.165) is 21.7 Å². The van der Waals surface area contributed by atoms with Gasteiger partial charge in [-0.3, -0.25) is 4.79 Å². The van der Waals surface area contributed by atoms with Crippen LogP contribution in [0.15, 0.2) is 46.7 Å². The van der Waals surface area contributed by atoms with Gasteiger partial charge in [0.1, 0.15) is 4.21 Å². The summed E-state index contributed by atoms with van der Waals surface area (Å²) in [6.45, 7) is -0.363. The van der Waals surface area contributed by atoms with Gasteiger partial charge in [-0.1, -0.05) is 23.7 Å². The molecule has 26 heavy (non-hydrogen) atoms. The zero-order valence-corrected chi connectivity index (χ0v) is 15.9. The number of likely N-dealkylation sites (N-methyl/N-ethyl adjacent to an activating group) is 1. The summed E-state index contributed by atoms with van der Waals surface area (Å²) in [5.74, 6) is -1.56. The molecule has 0 spiro atoms. The molecular weight excluding hydrogens is 400 g/mol. The molecule has 0 aliphatic carbocycles. The number of carboxylic acid groups (broad SMARTS) is 1. The van der Waals surface area contributed by atoms with E-state index in [0.29, 0.717) is 15.6 Å². The Bertz CT molecular complexity index is 936. The van der Waals surface area contributed by atoms with Crippen molar-refractivity contribution in [3.05, 3.63) is 52.4 Å². The van der Waals surface area contributed by atoms with Crippen LogP contribution in [0, 0.1) is 0 Å². The van der Waals surface area contributed by atoms with Crippen LogP contribution in [0.25, 0.3) is 6.08 Å². The number of halogens is 1. The SMILES string of the molecule is CN(CC(=O)Nc1ccc(/C=C/C(=O)O)cc1)S(=O)(=O)c1ccc(Cl)s1. The van der Waals surface area contributed by atoms with Crippen LogP contribution in [0.3, 0.4) is 0 Å². The topological polar surface area (TPSA) is 104 Å². The minimum Gasteiger partial charge on any atom is -0.478 e.